The quantitative estimate of drug-likeness (QED) is 0.289. The second-order valence-corrected chi connectivity index (χ2v) is 7.40. The predicted octanol–water partition coefficient (Wildman–Crippen LogP) is 5.71. The van der Waals surface area contributed by atoms with Crippen LogP contribution in [0.25, 0.3) is 33.2 Å². The molecule has 152 valence electrons. The van der Waals surface area contributed by atoms with Gasteiger partial charge in [0.1, 0.15) is 5.52 Å². The highest BCUT2D eigenvalue weighted by molar-refractivity contribution is 5.90. The average molecular weight is 407 g/mol. The van der Waals surface area contributed by atoms with Gasteiger partial charge >= 0.3 is 5.97 Å². The third kappa shape index (κ3) is 3.90. The van der Waals surface area contributed by atoms with Crippen LogP contribution in [-0.4, -0.2) is 20.9 Å². The molecule has 0 aliphatic heterocycles. The van der Waals surface area contributed by atoms with Crippen LogP contribution < -0.4 is 4.74 Å². The van der Waals surface area contributed by atoms with Gasteiger partial charge in [-0.15, -0.1) is 0 Å². The molecule has 0 radical (unpaired) electrons. The normalized spacial score (nSPS) is 11.1. The zero-order valence-corrected chi connectivity index (χ0v) is 16.9. The van der Waals surface area contributed by atoms with Gasteiger partial charge in [-0.25, -0.2) is 0 Å². The third-order valence-corrected chi connectivity index (χ3v) is 5.36. The van der Waals surface area contributed by atoms with Crippen LogP contribution in [0.2, 0.25) is 0 Å². The SMILES string of the molecule is O=C(CCCc1c(-c2ccccn2)[nH]c2ccccc12)Oc1cccc2cccnc12. The maximum Gasteiger partial charge on any atom is 0.311 e. The van der Waals surface area contributed by atoms with Crippen molar-refractivity contribution < 1.29 is 9.53 Å². The third-order valence-electron chi connectivity index (χ3n) is 5.36. The van der Waals surface area contributed by atoms with Crippen molar-refractivity contribution in [2.75, 3.05) is 0 Å². The van der Waals surface area contributed by atoms with Gasteiger partial charge in [-0.3, -0.25) is 14.8 Å². The molecule has 0 saturated carbocycles. The molecule has 0 atom stereocenters. The van der Waals surface area contributed by atoms with E-state index in [1.54, 1.807) is 18.5 Å². The number of fused-ring (bicyclic) bond motifs is 2. The molecule has 0 fully saturated rings. The summed E-state index contributed by atoms with van der Waals surface area (Å²) in [7, 11) is 0. The highest BCUT2D eigenvalue weighted by atomic mass is 16.5. The first-order valence-corrected chi connectivity index (χ1v) is 10.3. The Morgan fingerprint density at radius 1 is 0.871 bits per heavy atom. The molecule has 0 bridgehead atoms. The smallest absolute Gasteiger partial charge is 0.311 e. The number of nitrogens with one attached hydrogen (secondary N) is 1. The number of esters is 1. The summed E-state index contributed by atoms with van der Waals surface area (Å²) in [6.07, 6.45) is 5.25. The Hall–Kier alpha value is -3.99. The lowest BCUT2D eigenvalue weighted by atomic mass is 10.0. The number of nitrogens with zero attached hydrogens (tertiary/aromatic N) is 2. The van der Waals surface area contributed by atoms with E-state index < -0.39 is 0 Å². The number of H-pyrrole nitrogens is 1. The van der Waals surface area contributed by atoms with Crippen molar-refractivity contribution >= 4 is 27.8 Å². The standard InChI is InChI=1S/C26H21N3O2/c30-24(31-23-14-5-8-18-9-7-17-28-25(18)23)15-6-11-20-19-10-1-2-12-21(19)29-26(20)22-13-3-4-16-27-22/h1-5,7-10,12-14,16-17,29H,6,11,15H2. The van der Waals surface area contributed by atoms with Crippen LogP contribution in [0.1, 0.15) is 18.4 Å². The van der Waals surface area contributed by atoms with Crippen LogP contribution in [0, 0.1) is 0 Å². The summed E-state index contributed by atoms with van der Waals surface area (Å²) in [5, 5.41) is 2.11. The van der Waals surface area contributed by atoms with Crippen molar-refractivity contribution in [3.63, 3.8) is 0 Å². The van der Waals surface area contributed by atoms with E-state index in [4.69, 9.17) is 4.74 Å². The highest BCUT2D eigenvalue weighted by Crippen LogP contribution is 2.30. The minimum Gasteiger partial charge on any atom is -0.424 e. The number of aryl methyl sites for hydroxylation is 1. The number of aromatic nitrogens is 3. The Balaban J connectivity index is 1.33. The van der Waals surface area contributed by atoms with E-state index in [0.29, 0.717) is 24.1 Å². The Labute approximate surface area is 179 Å². The minimum atomic E-state index is -0.252. The van der Waals surface area contributed by atoms with E-state index in [-0.39, 0.29) is 5.97 Å². The zero-order valence-electron chi connectivity index (χ0n) is 16.9. The number of carbonyl (C=O) groups is 1. The van der Waals surface area contributed by atoms with Crippen LogP contribution in [-0.2, 0) is 11.2 Å². The molecule has 31 heavy (non-hydrogen) atoms. The van der Waals surface area contributed by atoms with Crippen molar-refractivity contribution in [2.45, 2.75) is 19.3 Å². The number of hydrogen-bond donors (Lipinski definition) is 1. The lowest BCUT2D eigenvalue weighted by molar-refractivity contribution is -0.134. The first-order valence-electron chi connectivity index (χ1n) is 10.3. The zero-order chi connectivity index (χ0) is 21.0. The fourth-order valence-corrected chi connectivity index (χ4v) is 3.93. The van der Waals surface area contributed by atoms with Gasteiger partial charge in [0.05, 0.1) is 11.4 Å². The van der Waals surface area contributed by atoms with Crippen molar-refractivity contribution in [2.24, 2.45) is 0 Å². The lowest BCUT2D eigenvalue weighted by Crippen LogP contribution is -2.08. The first-order chi connectivity index (χ1) is 15.3. The summed E-state index contributed by atoms with van der Waals surface area (Å²) >= 11 is 0. The fourth-order valence-electron chi connectivity index (χ4n) is 3.93. The number of ether oxygens (including phenoxy) is 1. The molecule has 3 aromatic heterocycles. The maximum atomic E-state index is 12.5. The molecule has 2 aromatic carbocycles. The molecule has 5 nitrogen and oxygen atoms in total. The van der Waals surface area contributed by atoms with Gasteiger partial charge in [0, 0.05) is 35.1 Å². The van der Waals surface area contributed by atoms with Gasteiger partial charge in [0.25, 0.3) is 0 Å². The maximum absolute atomic E-state index is 12.5. The minimum absolute atomic E-state index is 0.252. The van der Waals surface area contributed by atoms with Crippen LogP contribution in [0.5, 0.6) is 5.75 Å². The van der Waals surface area contributed by atoms with Crippen LogP contribution in [0.4, 0.5) is 0 Å². The van der Waals surface area contributed by atoms with Gasteiger partial charge in [-0.05, 0) is 48.7 Å². The Kier molecular flexibility index (Phi) is 5.15. The van der Waals surface area contributed by atoms with E-state index in [0.717, 1.165) is 34.1 Å². The van der Waals surface area contributed by atoms with Gasteiger partial charge < -0.3 is 9.72 Å². The molecule has 0 amide bonds. The number of para-hydroxylation sites is 2. The van der Waals surface area contributed by atoms with Crippen molar-refractivity contribution in [3.8, 4) is 17.1 Å². The molecule has 0 spiro atoms. The largest absolute Gasteiger partial charge is 0.424 e. The van der Waals surface area contributed by atoms with Crippen molar-refractivity contribution in [1.82, 2.24) is 15.0 Å². The summed E-state index contributed by atoms with van der Waals surface area (Å²) in [5.41, 5.74) is 4.86. The number of benzene rings is 2. The predicted molar refractivity (Wildman–Crippen MR) is 122 cm³/mol. The van der Waals surface area contributed by atoms with E-state index in [9.17, 15) is 4.79 Å². The topological polar surface area (TPSA) is 67.9 Å². The number of hydrogen-bond acceptors (Lipinski definition) is 4. The summed E-state index contributed by atoms with van der Waals surface area (Å²) in [4.78, 5) is 24.9. The van der Waals surface area contributed by atoms with Crippen LogP contribution >= 0.6 is 0 Å². The fraction of sp³-hybridized carbons (Fsp3) is 0.115. The van der Waals surface area contributed by atoms with Gasteiger partial charge in [-0.1, -0.05) is 42.5 Å². The molecular formula is C26H21N3O2. The lowest BCUT2D eigenvalue weighted by Gasteiger charge is -2.08. The van der Waals surface area contributed by atoms with Crippen LogP contribution in [0.3, 0.4) is 0 Å². The molecule has 0 aliphatic carbocycles. The number of carbonyl (C=O) groups excluding carboxylic acids is 1. The molecule has 5 aromatic rings. The Bertz CT molecular complexity index is 1350. The van der Waals surface area contributed by atoms with Crippen molar-refractivity contribution in [3.05, 3.63) is 90.8 Å². The monoisotopic (exact) mass is 407 g/mol. The highest BCUT2D eigenvalue weighted by Gasteiger charge is 2.15. The summed E-state index contributed by atoms with van der Waals surface area (Å²) < 4.78 is 5.63. The number of aromatic amines is 1. The second kappa shape index (κ2) is 8.40. The molecule has 5 heteroatoms. The van der Waals surface area contributed by atoms with Crippen LogP contribution in [0.15, 0.2) is 85.2 Å². The molecule has 5 rings (SSSR count). The molecule has 0 saturated heterocycles. The Morgan fingerprint density at radius 3 is 2.61 bits per heavy atom. The molecular weight excluding hydrogens is 386 g/mol. The number of rotatable bonds is 6. The average Bonchev–Trinajstić information content (AvgIpc) is 3.19. The van der Waals surface area contributed by atoms with E-state index in [1.165, 1.54) is 5.56 Å². The Morgan fingerprint density at radius 2 is 1.71 bits per heavy atom. The second-order valence-electron chi connectivity index (χ2n) is 7.40. The van der Waals surface area contributed by atoms with Gasteiger partial charge in [0.2, 0.25) is 0 Å². The van der Waals surface area contributed by atoms with E-state index in [2.05, 4.69) is 27.1 Å². The molecule has 0 aliphatic rings. The van der Waals surface area contributed by atoms with Gasteiger partial charge in [0.15, 0.2) is 5.75 Å². The summed E-state index contributed by atoms with van der Waals surface area (Å²) in [6.45, 7) is 0. The van der Waals surface area contributed by atoms with Gasteiger partial charge in [-0.2, -0.15) is 0 Å². The molecule has 0 unspecified atom stereocenters. The van der Waals surface area contributed by atoms with E-state index in [1.807, 2.05) is 54.6 Å². The number of pyridine rings is 2. The van der Waals surface area contributed by atoms with Crippen molar-refractivity contribution in [1.29, 1.82) is 0 Å². The summed E-state index contributed by atoms with van der Waals surface area (Å²) in [5.74, 6) is 0.252. The summed E-state index contributed by atoms with van der Waals surface area (Å²) in [6, 6.07) is 23.5. The molecule has 3 heterocycles. The first kappa shape index (κ1) is 19.0. The molecule has 1 N–H and O–H groups in total. The van der Waals surface area contributed by atoms with E-state index >= 15 is 0 Å².